The fourth-order valence-corrected chi connectivity index (χ4v) is 1.64. The highest BCUT2D eigenvalue weighted by Gasteiger charge is 2.31. The summed E-state index contributed by atoms with van der Waals surface area (Å²) in [6.07, 6.45) is -4.25. The van der Waals surface area contributed by atoms with Crippen molar-refractivity contribution in [2.45, 2.75) is 32.5 Å². The van der Waals surface area contributed by atoms with E-state index in [2.05, 4.69) is 5.32 Å². The van der Waals surface area contributed by atoms with Gasteiger partial charge in [0.2, 0.25) is 5.91 Å². The number of carbonyl (C=O) groups is 1. The van der Waals surface area contributed by atoms with E-state index in [1.807, 2.05) is 13.8 Å². The van der Waals surface area contributed by atoms with Gasteiger partial charge in [-0.1, -0.05) is 13.8 Å². The van der Waals surface area contributed by atoms with Crippen molar-refractivity contribution < 1.29 is 22.4 Å². The Morgan fingerprint density at radius 3 is 2.45 bits per heavy atom. The largest absolute Gasteiger partial charge is 0.416 e. The van der Waals surface area contributed by atoms with Crippen LogP contribution in [-0.4, -0.2) is 11.9 Å². The molecule has 0 aromatic heterocycles. The molecular weight excluding hydrogens is 276 g/mol. The number of alkyl halides is 3. The number of carbonyl (C=O) groups excluding carboxylic acids is 1. The van der Waals surface area contributed by atoms with Gasteiger partial charge in [-0.05, 0) is 30.5 Å². The summed E-state index contributed by atoms with van der Waals surface area (Å²) < 4.78 is 50.9. The van der Waals surface area contributed by atoms with E-state index >= 15 is 0 Å². The van der Waals surface area contributed by atoms with Crippen LogP contribution >= 0.6 is 0 Å². The predicted octanol–water partition coefficient (Wildman–Crippen LogP) is 3.16. The van der Waals surface area contributed by atoms with Gasteiger partial charge in [0.25, 0.3) is 0 Å². The summed E-state index contributed by atoms with van der Waals surface area (Å²) in [7, 11) is 0. The van der Waals surface area contributed by atoms with E-state index < -0.39 is 35.2 Å². The molecule has 0 aliphatic carbocycles. The minimum atomic E-state index is -4.60. The van der Waals surface area contributed by atoms with Crippen LogP contribution in [0, 0.1) is 11.7 Å². The van der Waals surface area contributed by atoms with Crippen LogP contribution in [0.2, 0.25) is 0 Å². The maximum Gasteiger partial charge on any atom is 0.416 e. The summed E-state index contributed by atoms with van der Waals surface area (Å²) in [4.78, 5) is 11.7. The summed E-state index contributed by atoms with van der Waals surface area (Å²) in [5, 5.41) is 2.09. The highest BCUT2D eigenvalue weighted by Crippen LogP contribution is 2.31. The lowest BCUT2D eigenvalue weighted by Crippen LogP contribution is -2.36. The molecule has 3 nitrogen and oxygen atoms in total. The second-order valence-electron chi connectivity index (χ2n) is 4.92. The van der Waals surface area contributed by atoms with Crippen molar-refractivity contribution in [3.63, 3.8) is 0 Å². The van der Waals surface area contributed by atoms with Crippen molar-refractivity contribution in [2.75, 3.05) is 5.32 Å². The van der Waals surface area contributed by atoms with Gasteiger partial charge in [0.15, 0.2) is 0 Å². The Hall–Kier alpha value is -1.63. The molecule has 0 aliphatic heterocycles. The summed E-state index contributed by atoms with van der Waals surface area (Å²) in [6.45, 7) is 3.69. The first-order valence-electron chi connectivity index (χ1n) is 6.04. The zero-order valence-corrected chi connectivity index (χ0v) is 11.1. The highest BCUT2D eigenvalue weighted by atomic mass is 19.4. The number of amides is 1. The van der Waals surface area contributed by atoms with E-state index in [4.69, 9.17) is 5.73 Å². The average molecular weight is 292 g/mol. The zero-order chi connectivity index (χ0) is 15.5. The average Bonchev–Trinajstić information content (AvgIpc) is 2.29. The number of rotatable bonds is 4. The molecule has 1 aromatic carbocycles. The Kier molecular flexibility index (Phi) is 5.10. The third-order valence-electron chi connectivity index (χ3n) is 2.61. The van der Waals surface area contributed by atoms with Crippen molar-refractivity contribution in [3.05, 3.63) is 29.6 Å². The van der Waals surface area contributed by atoms with Crippen LogP contribution in [0.15, 0.2) is 18.2 Å². The van der Waals surface area contributed by atoms with Gasteiger partial charge in [0.1, 0.15) is 5.82 Å². The van der Waals surface area contributed by atoms with E-state index in [9.17, 15) is 22.4 Å². The molecule has 0 unspecified atom stereocenters. The number of nitrogens with one attached hydrogen (secondary N) is 1. The number of nitrogens with two attached hydrogens (primary N) is 1. The van der Waals surface area contributed by atoms with Gasteiger partial charge in [-0.2, -0.15) is 13.2 Å². The van der Waals surface area contributed by atoms with Gasteiger partial charge in [-0.15, -0.1) is 0 Å². The van der Waals surface area contributed by atoms with Crippen LogP contribution in [0.3, 0.4) is 0 Å². The Morgan fingerprint density at radius 2 is 1.95 bits per heavy atom. The molecule has 1 aromatic rings. The summed E-state index contributed by atoms with van der Waals surface area (Å²) >= 11 is 0. The number of halogens is 4. The third kappa shape index (κ3) is 4.48. The molecule has 7 heteroatoms. The maximum atomic E-state index is 13.4. The van der Waals surface area contributed by atoms with Gasteiger partial charge >= 0.3 is 6.18 Å². The topological polar surface area (TPSA) is 55.1 Å². The molecule has 0 heterocycles. The quantitative estimate of drug-likeness (QED) is 0.838. The Labute approximate surface area is 114 Å². The molecule has 0 saturated heterocycles. The first-order valence-corrected chi connectivity index (χ1v) is 6.04. The van der Waals surface area contributed by atoms with Crippen LogP contribution in [-0.2, 0) is 11.0 Å². The molecule has 0 bridgehead atoms. The summed E-state index contributed by atoms with van der Waals surface area (Å²) in [6, 6.07) is 0.921. The predicted molar refractivity (Wildman–Crippen MR) is 67.5 cm³/mol. The second kappa shape index (κ2) is 6.21. The lowest BCUT2D eigenvalue weighted by atomic mass is 10.0. The van der Waals surface area contributed by atoms with Gasteiger partial charge in [-0.25, -0.2) is 4.39 Å². The maximum absolute atomic E-state index is 13.4. The lowest BCUT2D eigenvalue weighted by molar-refractivity contribution is -0.137. The number of benzene rings is 1. The smallest absolute Gasteiger partial charge is 0.322 e. The van der Waals surface area contributed by atoms with Crippen LogP contribution in [0.4, 0.5) is 23.2 Å². The molecule has 0 saturated carbocycles. The molecule has 1 atom stereocenters. The van der Waals surface area contributed by atoms with Gasteiger partial charge in [0.05, 0.1) is 17.3 Å². The standard InChI is InChI=1S/C13H16F4N2O/c1-7(2)5-10(18)12(20)19-11-6-8(13(15,16)17)3-4-9(11)14/h3-4,6-7,10H,5,18H2,1-2H3,(H,19,20)/t10-/m0/s1. The zero-order valence-electron chi connectivity index (χ0n) is 11.1. The number of hydrogen-bond acceptors (Lipinski definition) is 2. The Morgan fingerprint density at radius 1 is 1.35 bits per heavy atom. The van der Waals surface area contributed by atoms with Crippen molar-refractivity contribution >= 4 is 11.6 Å². The van der Waals surface area contributed by atoms with Crippen LogP contribution in [0.1, 0.15) is 25.8 Å². The normalized spacial score (nSPS) is 13.4. The lowest BCUT2D eigenvalue weighted by Gasteiger charge is -2.15. The van der Waals surface area contributed by atoms with E-state index in [1.165, 1.54) is 0 Å². The van der Waals surface area contributed by atoms with Crippen molar-refractivity contribution in [1.82, 2.24) is 0 Å². The first kappa shape index (κ1) is 16.4. The van der Waals surface area contributed by atoms with Crippen LogP contribution in [0.25, 0.3) is 0 Å². The van der Waals surface area contributed by atoms with Gasteiger partial charge in [0, 0.05) is 0 Å². The van der Waals surface area contributed by atoms with E-state index in [0.29, 0.717) is 24.6 Å². The van der Waals surface area contributed by atoms with Crippen molar-refractivity contribution in [2.24, 2.45) is 11.7 Å². The summed E-state index contributed by atoms with van der Waals surface area (Å²) in [5.74, 6) is -1.51. The van der Waals surface area contributed by atoms with Crippen LogP contribution in [0.5, 0.6) is 0 Å². The minimum Gasteiger partial charge on any atom is -0.322 e. The van der Waals surface area contributed by atoms with E-state index in [1.54, 1.807) is 0 Å². The SMILES string of the molecule is CC(C)C[C@H](N)C(=O)Nc1cc(C(F)(F)F)ccc1F. The highest BCUT2D eigenvalue weighted by molar-refractivity contribution is 5.94. The molecule has 0 fully saturated rings. The molecular formula is C13H16F4N2O. The molecule has 0 spiro atoms. The Bertz CT molecular complexity index is 486. The number of hydrogen-bond donors (Lipinski definition) is 2. The minimum absolute atomic E-state index is 0.141. The molecule has 0 radical (unpaired) electrons. The monoisotopic (exact) mass is 292 g/mol. The van der Waals surface area contributed by atoms with E-state index in [-0.39, 0.29) is 5.92 Å². The van der Waals surface area contributed by atoms with Gasteiger partial charge in [-0.3, -0.25) is 4.79 Å². The second-order valence-corrected chi connectivity index (χ2v) is 4.92. The molecule has 20 heavy (non-hydrogen) atoms. The summed E-state index contributed by atoms with van der Waals surface area (Å²) in [5.41, 5.74) is 4.02. The molecule has 3 N–H and O–H groups in total. The molecule has 0 aliphatic rings. The molecule has 1 rings (SSSR count). The Balaban J connectivity index is 2.89. The number of anilines is 1. The van der Waals surface area contributed by atoms with E-state index in [0.717, 1.165) is 0 Å². The van der Waals surface area contributed by atoms with Crippen molar-refractivity contribution in [3.8, 4) is 0 Å². The molecule has 1 amide bonds. The first-order chi connectivity index (χ1) is 9.11. The fourth-order valence-electron chi connectivity index (χ4n) is 1.64. The third-order valence-corrected chi connectivity index (χ3v) is 2.61. The fraction of sp³-hybridized carbons (Fsp3) is 0.462. The van der Waals surface area contributed by atoms with Crippen LogP contribution < -0.4 is 11.1 Å². The molecule has 112 valence electrons. The van der Waals surface area contributed by atoms with Gasteiger partial charge < -0.3 is 11.1 Å². The van der Waals surface area contributed by atoms with Crippen molar-refractivity contribution in [1.29, 1.82) is 0 Å².